The van der Waals surface area contributed by atoms with Crippen molar-refractivity contribution in [3.8, 4) is 5.75 Å². The number of nitrogens with zero attached hydrogens (tertiary/aromatic N) is 2. The molecule has 0 aliphatic rings. The summed E-state index contributed by atoms with van der Waals surface area (Å²) in [6.07, 6.45) is 1.47. The number of anilines is 2. The van der Waals surface area contributed by atoms with Gasteiger partial charge < -0.3 is 14.8 Å². The van der Waals surface area contributed by atoms with Gasteiger partial charge in [0.05, 0.1) is 12.0 Å². The van der Waals surface area contributed by atoms with Crippen molar-refractivity contribution in [2.75, 3.05) is 11.9 Å². The number of benzene rings is 2. The predicted octanol–water partition coefficient (Wildman–Crippen LogP) is 5.64. The van der Waals surface area contributed by atoms with Crippen molar-refractivity contribution < 1.29 is 18.7 Å². The predicted molar refractivity (Wildman–Crippen MR) is 119 cm³/mol. The number of rotatable bonds is 7. The Morgan fingerprint density at radius 2 is 1.84 bits per heavy atom. The Bertz CT molecular complexity index is 1210. The number of hydrogen-bond acceptors (Lipinski definition) is 7. The van der Waals surface area contributed by atoms with E-state index >= 15 is 0 Å². The largest absolute Gasteiger partial charge is 0.489 e. The van der Waals surface area contributed by atoms with Gasteiger partial charge in [0, 0.05) is 5.69 Å². The summed E-state index contributed by atoms with van der Waals surface area (Å²) >= 11 is 1.30. The molecule has 0 spiro atoms. The van der Waals surface area contributed by atoms with Crippen molar-refractivity contribution in [2.45, 2.75) is 20.5 Å². The van der Waals surface area contributed by atoms with E-state index in [0.717, 1.165) is 27.0 Å². The van der Waals surface area contributed by atoms with Crippen molar-refractivity contribution in [1.82, 2.24) is 9.97 Å². The highest BCUT2D eigenvalue weighted by molar-refractivity contribution is 7.20. The van der Waals surface area contributed by atoms with Gasteiger partial charge in [-0.1, -0.05) is 12.1 Å². The lowest BCUT2D eigenvalue weighted by Gasteiger charge is -2.10. The molecule has 2 aromatic carbocycles. The van der Waals surface area contributed by atoms with Crippen LogP contribution in [0.25, 0.3) is 10.2 Å². The van der Waals surface area contributed by atoms with E-state index in [1.54, 1.807) is 19.1 Å². The third-order valence-electron chi connectivity index (χ3n) is 4.62. The fourth-order valence-corrected chi connectivity index (χ4v) is 4.12. The number of hydrogen-bond donors (Lipinski definition) is 1. The highest BCUT2D eigenvalue weighted by Gasteiger charge is 2.20. The van der Waals surface area contributed by atoms with Crippen molar-refractivity contribution in [1.29, 1.82) is 0 Å². The van der Waals surface area contributed by atoms with Crippen LogP contribution < -0.4 is 10.1 Å². The van der Waals surface area contributed by atoms with Crippen molar-refractivity contribution >= 4 is 39.0 Å². The van der Waals surface area contributed by atoms with Crippen molar-refractivity contribution in [3.63, 3.8) is 0 Å². The van der Waals surface area contributed by atoms with Gasteiger partial charge >= 0.3 is 5.97 Å². The number of carbonyl (C=O) groups excluding carboxylic acids is 1. The standard InChI is InChI=1S/C23H20FN3O3S/c1-3-29-23(28)20-14(2)19-21(25-13-26-22(19)31-20)27-17-8-10-18(11-9-17)30-12-15-4-6-16(24)7-5-15/h4-11,13H,3,12H2,1-2H3,(H,25,26,27). The molecule has 2 aromatic heterocycles. The lowest BCUT2D eigenvalue weighted by molar-refractivity contribution is 0.0531. The van der Waals surface area contributed by atoms with Gasteiger partial charge in [-0.25, -0.2) is 19.2 Å². The maximum absolute atomic E-state index is 13.0. The molecule has 0 saturated carbocycles. The number of aromatic nitrogens is 2. The molecule has 0 bridgehead atoms. The molecule has 1 N–H and O–H groups in total. The molecule has 31 heavy (non-hydrogen) atoms. The summed E-state index contributed by atoms with van der Waals surface area (Å²) in [5.74, 6) is 0.693. The van der Waals surface area contributed by atoms with Gasteiger partial charge in [-0.05, 0) is 61.4 Å². The summed E-state index contributed by atoms with van der Waals surface area (Å²) in [6, 6.07) is 13.6. The van der Waals surface area contributed by atoms with Gasteiger partial charge in [0.15, 0.2) is 0 Å². The second kappa shape index (κ2) is 9.09. The van der Waals surface area contributed by atoms with Crippen LogP contribution in [0.1, 0.15) is 27.7 Å². The SMILES string of the molecule is CCOC(=O)c1sc2ncnc(Nc3ccc(OCc4ccc(F)cc4)cc3)c2c1C. The van der Waals surface area contributed by atoms with E-state index < -0.39 is 0 Å². The van der Waals surface area contributed by atoms with E-state index in [4.69, 9.17) is 9.47 Å². The van der Waals surface area contributed by atoms with Gasteiger partial charge in [-0.3, -0.25) is 0 Å². The van der Waals surface area contributed by atoms with Crippen LogP contribution in [0.5, 0.6) is 5.75 Å². The highest BCUT2D eigenvalue weighted by atomic mass is 32.1. The summed E-state index contributed by atoms with van der Waals surface area (Å²) < 4.78 is 23.9. The first-order valence-electron chi connectivity index (χ1n) is 9.70. The van der Waals surface area contributed by atoms with Crippen LogP contribution in [0.2, 0.25) is 0 Å². The molecule has 4 aromatic rings. The number of halogens is 1. The molecule has 2 heterocycles. The molecule has 0 radical (unpaired) electrons. The van der Waals surface area contributed by atoms with Gasteiger partial charge in [0.25, 0.3) is 0 Å². The average Bonchev–Trinajstić information content (AvgIpc) is 3.12. The van der Waals surface area contributed by atoms with Crippen LogP contribution in [0, 0.1) is 12.7 Å². The summed E-state index contributed by atoms with van der Waals surface area (Å²) in [5, 5.41) is 4.08. The monoisotopic (exact) mass is 437 g/mol. The molecule has 0 fully saturated rings. The molecule has 0 aliphatic carbocycles. The molecular formula is C23H20FN3O3S. The van der Waals surface area contributed by atoms with Gasteiger partial charge in [-0.15, -0.1) is 11.3 Å². The minimum Gasteiger partial charge on any atom is -0.489 e. The molecular weight excluding hydrogens is 417 g/mol. The first kappa shape index (κ1) is 20.7. The molecule has 6 nitrogen and oxygen atoms in total. The van der Waals surface area contributed by atoms with Gasteiger partial charge in [0.2, 0.25) is 0 Å². The zero-order valence-corrected chi connectivity index (χ0v) is 17.8. The fraction of sp³-hybridized carbons (Fsp3) is 0.174. The molecule has 158 valence electrons. The Morgan fingerprint density at radius 1 is 1.10 bits per heavy atom. The zero-order valence-electron chi connectivity index (χ0n) is 17.0. The van der Waals surface area contributed by atoms with Crippen LogP contribution in [0.3, 0.4) is 0 Å². The summed E-state index contributed by atoms with van der Waals surface area (Å²) in [7, 11) is 0. The zero-order chi connectivity index (χ0) is 21.8. The van der Waals surface area contributed by atoms with E-state index in [1.165, 1.54) is 29.8 Å². The van der Waals surface area contributed by atoms with E-state index in [2.05, 4.69) is 15.3 Å². The summed E-state index contributed by atoms with van der Waals surface area (Å²) in [6.45, 7) is 4.32. The van der Waals surface area contributed by atoms with Crippen LogP contribution in [-0.4, -0.2) is 22.5 Å². The third kappa shape index (κ3) is 4.64. The molecule has 0 unspecified atom stereocenters. The second-order valence-electron chi connectivity index (χ2n) is 6.74. The fourth-order valence-electron chi connectivity index (χ4n) is 3.08. The maximum Gasteiger partial charge on any atom is 0.348 e. The quantitative estimate of drug-likeness (QED) is 0.377. The molecule has 0 atom stereocenters. The van der Waals surface area contributed by atoms with Crippen LogP contribution in [-0.2, 0) is 11.3 Å². The maximum atomic E-state index is 13.0. The first-order valence-corrected chi connectivity index (χ1v) is 10.5. The van der Waals surface area contributed by atoms with Crippen LogP contribution >= 0.6 is 11.3 Å². The van der Waals surface area contributed by atoms with E-state index in [-0.39, 0.29) is 11.8 Å². The highest BCUT2D eigenvalue weighted by Crippen LogP contribution is 2.35. The number of thiophene rings is 1. The van der Waals surface area contributed by atoms with E-state index in [0.29, 0.717) is 29.7 Å². The van der Waals surface area contributed by atoms with Gasteiger partial charge in [-0.2, -0.15) is 0 Å². The van der Waals surface area contributed by atoms with E-state index in [9.17, 15) is 9.18 Å². The smallest absolute Gasteiger partial charge is 0.348 e. The first-order chi connectivity index (χ1) is 15.0. The molecule has 0 aliphatic heterocycles. The number of aryl methyl sites for hydroxylation is 1. The lowest BCUT2D eigenvalue weighted by Crippen LogP contribution is -2.03. The number of nitrogens with one attached hydrogen (secondary N) is 1. The summed E-state index contributed by atoms with van der Waals surface area (Å²) in [4.78, 5) is 22.1. The average molecular weight is 437 g/mol. The molecule has 8 heteroatoms. The minimum absolute atomic E-state index is 0.270. The molecule has 0 amide bonds. The lowest BCUT2D eigenvalue weighted by atomic mass is 10.2. The number of esters is 1. The van der Waals surface area contributed by atoms with Crippen molar-refractivity contribution in [2.24, 2.45) is 0 Å². The number of carbonyl (C=O) groups is 1. The third-order valence-corrected chi connectivity index (χ3v) is 5.80. The van der Waals surface area contributed by atoms with Crippen LogP contribution in [0.4, 0.5) is 15.9 Å². The molecule has 0 saturated heterocycles. The second-order valence-corrected chi connectivity index (χ2v) is 7.74. The minimum atomic E-state index is -0.350. The normalized spacial score (nSPS) is 10.8. The van der Waals surface area contributed by atoms with E-state index in [1.807, 2.05) is 31.2 Å². The van der Waals surface area contributed by atoms with Crippen LogP contribution in [0.15, 0.2) is 54.9 Å². The Morgan fingerprint density at radius 3 is 2.55 bits per heavy atom. The summed E-state index contributed by atoms with van der Waals surface area (Å²) in [5.41, 5.74) is 2.50. The van der Waals surface area contributed by atoms with Crippen molar-refractivity contribution in [3.05, 3.63) is 76.7 Å². The number of fused-ring (bicyclic) bond motifs is 1. The Hall–Kier alpha value is -3.52. The number of ether oxygens (including phenoxy) is 2. The topological polar surface area (TPSA) is 73.3 Å². The Kier molecular flexibility index (Phi) is 6.08. The molecule has 4 rings (SSSR count). The van der Waals surface area contributed by atoms with Gasteiger partial charge in [0.1, 0.15) is 40.0 Å². The Labute approximate surface area is 182 Å². The Balaban J connectivity index is 1.50.